The van der Waals surface area contributed by atoms with Gasteiger partial charge in [-0.15, -0.1) is 0 Å². The van der Waals surface area contributed by atoms with Crippen LogP contribution in [0.5, 0.6) is 5.75 Å². The molecule has 30 heavy (non-hydrogen) atoms. The Morgan fingerprint density at radius 3 is 2.57 bits per heavy atom. The number of halogens is 1. The smallest absolute Gasteiger partial charge is 0.262 e. The zero-order chi connectivity index (χ0) is 21.7. The number of aryl methyl sites for hydroxylation is 1. The highest BCUT2D eigenvalue weighted by molar-refractivity contribution is 7.89. The molecule has 0 atom stereocenters. The van der Waals surface area contributed by atoms with Gasteiger partial charge in [0.15, 0.2) is 6.61 Å². The Balaban J connectivity index is 1.61. The van der Waals surface area contributed by atoms with Crippen LogP contribution in [0.15, 0.2) is 41.3 Å². The van der Waals surface area contributed by atoms with Crippen LogP contribution >= 0.6 is 11.6 Å². The molecule has 2 aromatic carbocycles. The highest BCUT2D eigenvalue weighted by Gasteiger charge is 2.22. The van der Waals surface area contributed by atoms with Crippen molar-refractivity contribution in [2.24, 2.45) is 0 Å². The SMILES string of the molecule is Cc1cc(S(=O)(=O)NC2CCCCC2)ccc1OCC(=O)Nc1cccc(Cl)c1C. The molecule has 2 N–H and O–H groups in total. The Morgan fingerprint density at radius 2 is 1.87 bits per heavy atom. The predicted octanol–water partition coefficient (Wildman–Crippen LogP) is 4.59. The fourth-order valence-electron chi connectivity index (χ4n) is 3.53. The molecule has 8 heteroatoms. The number of benzene rings is 2. The lowest BCUT2D eigenvalue weighted by Gasteiger charge is -2.22. The van der Waals surface area contributed by atoms with Crippen LogP contribution in [0.3, 0.4) is 0 Å². The third-order valence-corrected chi connectivity index (χ3v) is 7.21. The third-order valence-electron chi connectivity index (χ3n) is 5.28. The maximum atomic E-state index is 12.7. The van der Waals surface area contributed by atoms with Crippen molar-refractivity contribution in [3.05, 3.63) is 52.5 Å². The number of rotatable bonds is 7. The summed E-state index contributed by atoms with van der Waals surface area (Å²) in [5, 5.41) is 3.34. The molecular formula is C22H27ClN2O4S. The number of amides is 1. The second-order valence-electron chi connectivity index (χ2n) is 7.63. The summed E-state index contributed by atoms with van der Waals surface area (Å²) in [5.41, 5.74) is 2.06. The molecule has 1 amide bonds. The average Bonchev–Trinajstić information content (AvgIpc) is 2.71. The molecule has 0 heterocycles. The number of ether oxygens (including phenoxy) is 1. The lowest BCUT2D eigenvalue weighted by Crippen LogP contribution is -2.36. The van der Waals surface area contributed by atoms with E-state index in [1.807, 2.05) is 6.92 Å². The van der Waals surface area contributed by atoms with E-state index in [2.05, 4.69) is 10.0 Å². The van der Waals surface area contributed by atoms with Gasteiger partial charge in [0.2, 0.25) is 10.0 Å². The summed E-state index contributed by atoms with van der Waals surface area (Å²) in [6.07, 6.45) is 5.01. The van der Waals surface area contributed by atoms with Crippen LogP contribution in [0.4, 0.5) is 5.69 Å². The molecule has 6 nitrogen and oxygen atoms in total. The van der Waals surface area contributed by atoms with Crippen molar-refractivity contribution in [3.8, 4) is 5.75 Å². The van der Waals surface area contributed by atoms with Crippen LogP contribution < -0.4 is 14.8 Å². The molecule has 0 bridgehead atoms. The monoisotopic (exact) mass is 450 g/mol. The van der Waals surface area contributed by atoms with Gasteiger partial charge in [0.05, 0.1) is 4.90 Å². The lowest BCUT2D eigenvalue weighted by atomic mass is 9.96. The van der Waals surface area contributed by atoms with Gasteiger partial charge in [0, 0.05) is 16.8 Å². The van der Waals surface area contributed by atoms with E-state index in [1.54, 1.807) is 37.3 Å². The molecule has 162 valence electrons. The number of hydrogen-bond acceptors (Lipinski definition) is 4. The van der Waals surface area contributed by atoms with E-state index >= 15 is 0 Å². The molecule has 0 spiro atoms. The van der Waals surface area contributed by atoms with Gasteiger partial charge >= 0.3 is 0 Å². The first-order valence-electron chi connectivity index (χ1n) is 10.1. The molecule has 1 saturated carbocycles. The van der Waals surface area contributed by atoms with E-state index < -0.39 is 10.0 Å². The molecule has 1 fully saturated rings. The number of sulfonamides is 1. The quantitative estimate of drug-likeness (QED) is 0.646. The zero-order valence-corrected chi connectivity index (χ0v) is 18.8. The fraction of sp³-hybridized carbons (Fsp3) is 0.409. The van der Waals surface area contributed by atoms with E-state index in [0.717, 1.165) is 37.7 Å². The second kappa shape index (κ2) is 9.81. The number of anilines is 1. The number of carbonyl (C=O) groups excluding carboxylic acids is 1. The minimum absolute atomic E-state index is 0.00127. The first kappa shape index (κ1) is 22.6. The molecule has 1 aliphatic carbocycles. The van der Waals surface area contributed by atoms with Gasteiger partial charge in [0.1, 0.15) is 5.75 Å². The van der Waals surface area contributed by atoms with Crippen LogP contribution in [-0.2, 0) is 14.8 Å². The predicted molar refractivity (Wildman–Crippen MR) is 119 cm³/mol. The maximum absolute atomic E-state index is 12.7. The van der Waals surface area contributed by atoms with Crippen LogP contribution in [-0.4, -0.2) is 27.0 Å². The summed E-state index contributed by atoms with van der Waals surface area (Å²) in [6.45, 7) is 3.39. The number of nitrogens with one attached hydrogen (secondary N) is 2. The third kappa shape index (κ3) is 5.74. The molecular weight excluding hydrogens is 424 g/mol. The molecule has 3 rings (SSSR count). The fourth-order valence-corrected chi connectivity index (χ4v) is 5.10. The van der Waals surface area contributed by atoms with Gasteiger partial charge in [-0.25, -0.2) is 13.1 Å². The molecule has 0 radical (unpaired) electrons. The Hall–Kier alpha value is -2.09. The molecule has 0 aromatic heterocycles. The minimum atomic E-state index is -3.58. The van der Waals surface area contributed by atoms with Gasteiger partial charge in [-0.05, 0) is 68.1 Å². The summed E-state index contributed by atoms with van der Waals surface area (Å²) in [4.78, 5) is 12.4. The highest BCUT2D eigenvalue weighted by atomic mass is 35.5. The minimum Gasteiger partial charge on any atom is -0.483 e. The normalized spacial score (nSPS) is 15.0. The van der Waals surface area contributed by atoms with Crippen molar-refractivity contribution >= 4 is 33.2 Å². The Labute approximate surface area is 183 Å². The van der Waals surface area contributed by atoms with E-state index in [-0.39, 0.29) is 23.5 Å². The van der Waals surface area contributed by atoms with Crippen LogP contribution in [0.2, 0.25) is 5.02 Å². The Kier molecular flexibility index (Phi) is 7.39. The number of carbonyl (C=O) groups is 1. The topological polar surface area (TPSA) is 84.5 Å². The van der Waals surface area contributed by atoms with Crippen molar-refractivity contribution in [3.63, 3.8) is 0 Å². The van der Waals surface area contributed by atoms with E-state index in [4.69, 9.17) is 16.3 Å². The van der Waals surface area contributed by atoms with Gasteiger partial charge in [-0.2, -0.15) is 0 Å². The Morgan fingerprint density at radius 1 is 1.13 bits per heavy atom. The Bertz CT molecular complexity index is 1020. The maximum Gasteiger partial charge on any atom is 0.262 e. The van der Waals surface area contributed by atoms with Crippen molar-refractivity contribution < 1.29 is 17.9 Å². The molecule has 0 unspecified atom stereocenters. The summed E-state index contributed by atoms with van der Waals surface area (Å²) in [6, 6.07) is 9.94. The highest BCUT2D eigenvalue weighted by Crippen LogP contribution is 2.25. The van der Waals surface area contributed by atoms with Crippen LogP contribution in [0, 0.1) is 13.8 Å². The zero-order valence-electron chi connectivity index (χ0n) is 17.2. The lowest BCUT2D eigenvalue weighted by molar-refractivity contribution is -0.118. The largest absolute Gasteiger partial charge is 0.483 e. The van der Waals surface area contributed by atoms with Gasteiger partial charge in [0.25, 0.3) is 5.91 Å². The van der Waals surface area contributed by atoms with E-state index in [9.17, 15) is 13.2 Å². The number of hydrogen-bond donors (Lipinski definition) is 2. The van der Waals surface area contributed by atoms with Gasteiger partial charge in [-0.1, -0.05) is 36.9 Å². The van der Waals surface area contributed by atoms with E-state index in [1.165, 1.54) is 6.07 Å². The van der Waals surface area contributed by atoms with Crippen molar-refractivity contribution in [1.82, 2.24) is 4.72 Å². The molecule has 0 aliphatic heterocycles. The summed E-state index contributed by atoms with van der Waals surface area (Å²) < 4.78 is 33.7. The van der Waals surface area contributed by atoms with Crippen molar-refractivity contribution in [2.45, 2.75) is 56.9 Å². The van der Waals surface area contributed by atoms with Crippen molar-refractivity contribution in [2.75, 3.05) is 11.9 Å². The first-order valence-corrected chi connectivity index (χ1v) is 11.9. The van der Waals surface area contributed by atoms with E-state index in [0.29, 0.717) is 22.0 Å². The van der Waals surface area contributed by atoms with Gasteiger partial charge in [-0.3, -0.25) is 4.79 Å². The molecule has 1 aliphatic rings. The van der Waals surface area contributed by atoms with Crippen molar-refractivity contribution in [1.29, 1.82) is 0 Å². The summed E-state index contributed by atoms with van der Waals surface area (Å²) >= 11 is 6.07. The van der Waals surface area contributed by atoms with Gasteiger partial charge < -0.3 is 10.1 Å². The summed E-state index contributed by atoms with van der Waals surface area (Å²) in [7, 11) is -3.58. The first-order chi connectivity index (χ1) is 14.3. The average molecular weight is 451 g/mol. The standard InChI is InChI=1S/C22H27ClN2O4S/c1-15-13-18(30(27,28)25-17-7-4-3-5-8-17)11-12-21(15)29-14-22(26)24-20-10-6-9-19(23)16(20)2/h6,9-13,17,25H,3-5,7-8,14H2,1-2H3,(H,24,26). The molecule has 0 saturated heterocycles. The van der Waals surface area contributed by atoms with Crippen LogP contribution in [0.1, 0.15) is 43.2 Å². The van der Waals surface area contributed by atoms with Crippen LogP contribution in [0.25, 0.3) is 0 Å². The second-order valence-corrected chi connectivity index (χ2v) is 9.75. The molecule has 2 aromatic rings. The summed E-state index contributed by atoms with van der Waals surface area (Å²) in [5.74, 6) is 0.139.